The van der Waals surface area contributed by atoms with Gasteiger partial charge in [-0.3, -0.25) is 4.79 Å². The minimum absolute atomic E-state index is 0.0539. The topological polar surface area (TPSA) is 45.7 Å². The fraction of sp³-hybridized carbons (Fsp3) is 0.379. The van der Waals surface area contributed by atoms with Crippen molar-refractivity contribution in [1.29, 1.82) is 0 Å². The number of nitrogens with zero attached hydrogens (tertiary/aromatic N) is 3. The van der Waals surface area contributed by atoms with Crippen LogP contribution in [-0.2, 0) is 27.3 Å². The Morgan fingerprint density at radius 3 is 1.98 bits per heavy atom. The highest BCUT2D eigenvalue weighted by Crippen LogP contribution is 2.41. The molecule has 4 rings (SSSR count). The third-order valence-electron chi connectivity index (χ3n) is 7.10. The molecule has 0 N–H and O–H groups in total. The number of aryl methyl sites for hydroxylation is 1. The summed E-state index contributed by atoms with van der Waals surface area (Å²) in [6, 6.07) is 12.1. The molecule has 0 aliphatic carbocycles. The Kier molecular flexibility index (Phi) is 7.90. The lowest BCUT2D eigenvalue weighted by molar-refractivity contribution is -0.143. The molecule has 5 nitrogen and oxygen atoms in total. The molecule has 0 unspecified atom stereocenters. The number of hydrogen-bond donors (Lipinski definition) is 0. The third kappa shape index (κ3) is 5.94. The van der Waals surface area contributed by atoms with E-state index in [1.807, 2.05) is 36.1 Å². The predicted molar refractivity (Wildman–Crippen MR) is 140 cm³/mol. The fourth-order valence-electron chi connectivity index (χ4n) is 4.69. The zero-order valence-corrected chi connectivity index (χ0v) is 22.5. The number of benzene rings is 2. The summed E-state index contributed by atoms with van der Waals surface area (Å²) in [7, 11) is 1.44. The van der Waals surface area contributed by atoms with Crippen LogP contribution in [0.5, 0.6) is 0 Å². The Morgan fingerprint density at radius 2 is 1.43 bits per heavy atom. The number of pyridine rings is 1. The summed E-state index contributed by atoms with van der Waals surface area (Å²) < 4.78 is 86.6. The Balaban J connectivity index is 1.80. The molecule has 11 heteroatoms. The van der Waals surface area contributed by atoms with Gasteiger partial charge in [-0.1, -0.05) is 24.3 Å². The molecule has 1 fully saturated rings. The average molecular weight is 566 g/mol. The molecule has 0 atom stereocenters. The molecule has 214 valence electrons. The van der Waals surface area contributed by atoms with E-state index in [-0.39, 0.29) is 6.07 Å². The molecule has 0 bridgehead atoms. The molecule has 3 aromatic rings. The van der Waals surface area contributed by atoms with E-state index in [1.165, 1.54) is 25.8 Å². The van der Waals surface area contributed by atoms with Crippen LogP contribution in [0, 0.1) is 6.92 Å². The number of likely N-dealkylation sites (N-methyl/N-ethyl adjacent to an activating group) is 1. The van der Waals surface area contributed by atoms with Crippen molar-refractivity contribution in [1.82, 2.24) is 4.98 Å². The number of ether oxygens (including phenoxy) is 1. The van der Waals surface area contributed by atoms with Gasteiger partial charge in [-0.15, -0.1) is 0 Å². The maximum atomic E-state index is 13.9. The van der Waals surface area contributed by atoms with Gasteiger partial charge in [-0.2, -0.15) is 26.3 Å². The van der Waals surface area contributed by atoms with Crippen LogP contribution < -0.4 is 9.80 Å². The van der Waals surface area contributed by atoms with Crippen LogP contribution >= 0.6 is 0 Å². The number of hydrogen-bond acceptors (Lipinski definition) is 4. The molecule has 1 aliphatic heterocycles. The number of aromatic nitrogens is 1. The quantitative estimate of drug-likeness (QED) is 0.317. The minimum atomic E-state index is -5.03. The Labute approximate surface area is 228 Å². The molecule has 1 saturated heterocycles. The third-order valence-corrected chi connectivity index (χ3v) is 7.10. The maximum Gasteiger partial charge on any atom is 0.416 e. The molecule has 40 heavy (non-hydrogen) atoms. The van der Waals surface area contributed by atoms with Gasteiger partial charge in [0.25, 0.3) is 0 Å². The molecule has 2 aromatic carbocycles. The summed E-state index contributed by atoms with van der Waals surface area (Å²) in [6.45, 7) is 6.82. The summed E-state index contributed by atoms with van der Waals surface area (Å²) in [5, 5.41) is 0. The number of amides is 1. The molecule has 0 spiro atoms. The van der Waals surface area contributed by atoms with Crippen molar-refractivity contribution in [3.8, 4) is 11.3 Å². The highest BCUT2D eigenvalue weighted by Gasteiger charge is 2.41. The number of carbonyl (C=O) groups is 1. The number of rotatable bonds is 5. The molecule has 0 radical (unpaired) electrons. The van der Waals surface area contributed by atoms with Gasteiger partial charge in [-0.05, 0) is 62.2 Å². The van der Waals surface area contributed by atoms with Gasteiger partial charge in [-0.25, -0.2) is 4.98 Å². The number of alkyl halides is 6. The number of halogens is 6. The first kappa shape index (κ1) is 29.4. The fourth-order valence-corrected chi connectivity index (χ4v) is 4.69. The molecule has 1 aromatic heterocycles. The highest BCUT2D eigenvalue weighted by molar-refractivity contribution is 6.03. The molecule has 0 saturated carbocycles. The summed E-state index contributed by atoms with van der Waals surface area (Å²) in [4.78, 5) is 22.0. The lowest BCUT2D eigenvalue weighted by Gasteiger charge is -2.33. The van der Waals surface area contributed by atoms with Crippen molar-refractivity contribution in [3.05, 3.63) is 76.9 Å². The number of anilines is 2. The van der Waals surface area contributed by atoms with E-state index in [0.717, 1.165) is 11.1 Å². The van der Waals surface area contributed by atoms with E-state index >= 15 is 0 Å². The van der Waals surface area contributed by atoms with Crippen molar-refractivity contribution in [2.75, 3.05) is 43.2 Å². The zero-order valence-electron chi connectivity index (χ0n) is 22.5. The van der Waals surface area contributed by atoms with E-state index in [9.17, 15) is 31.1 Å². The van der Waals surface area contributed by atoms with E-state index in [1.54, 1.807) is 12.1 Å². The normalized spacial score (nSPS) is 14.8. The van der Waals surface area contributed by atoms with Crippen molar-refractivity contribution in [3.63, 3.8) is 0 Å². The van der Waals surface area contributed by atoms with Crippen LogP contribution in [0.1, 0.15) is 36.1 Å². The predicted octanol–water partition coefficient (Wildman–Crippen LogP) is 6.87. The SMILES string of the molecule is Cc1ccccc1-c1nc(N2CCOCC2)ccc1N(C)C(=O)C(C)(C)c1cc(C(F)(F)F)cc(C(F)(F)F)c1. The first-order chi connectivity index (χ1) is 18.6. The zero-order chi connectivity index (χ0) is 29.5. The molecular formula is C29H29F6N3O2. The first-order valence-electron chi connectivity index (χ1n) is 12.6. The van der Waals surface area contributed by atoms with Crippen molar-refractivity contribution < 1.29 is 35.9 Å². The Morgan fingerprint density at radius 1 is 0.875 bits per heavy atom. The van der Waals surface area contributed by atoms with Crippen LogP contribution in [-0.4, -0.2) is 44.2 Å². The van der Waals surface area contributed by atoms with Gasteiger partial charge < -0.3 is 14.5 Å². The summed E-state index contributed by atoms with van der Waals surface area (Å²) >= 11 is 0. The van der Waals surface area contributed by atoms with E-state index < -0.39 is 40.4 Å². The minimum Gasteiger partial charge on any atom is -0.378 e. The van der Waals surface area contributed by atoms with Crippen LogP contribution in [0.3, 0.4) is 0 Å². The maximum absolute atomic E-state index is 13.9. The standard InChI is InChI=1S/C29H29F6N3O2/c1-18-7-5-6-8-22(18)25-23(9-10-24(36-25)38-11-13-40-14-12-38)37(4)26(39)27(2,3)19-15-20(28(30,31)32)17-21(16-19)29(33,34)35/h5-10,15-17H,11-14H2,1-4H3. The van der Waals surface area contributed by atoms with Crippen molar-refractivity contribution >= 4 is 17.4 Å². The summed E-state index contributed by atoms with van der Waals surface area (Å²) in [6.07, 6.45) is -10.1. The molecular weight excluding hydrogens is 536 g/mol. The van der Waals surface area contributed by atoms with Gasteiger partial charge in [0.05, 0.1) is 41.1 Å². The highest BCUT2D eigenvalue weighted by atomic mass is 19.4. The molecule has 1 aliphatic rings. The van der Waals surface area contributed by atoms with Gasteiger partial charge in [0.1, 0.15) is 5.82 Å². The van der Waals surface area contributed by atoms with Crippen LogP contribution in [0.25, 0.3) is 11.3 Å². The van der Waals surface area contributed by atoms with Gasteiger partial charge in [0.2, 0.25) is 5.91 Å². The van der Waals surface area contributed by atoms with Gasteiger partial charge in [0, 0.05) is 25.7 Å². The average Bonchev–Trinajstić information content (AvgIpc) is 2.91. The lowest BCUT2D eigenvalue weighted by Crippen LogP contribution is -2.42. The monoisotopic (exact) mass is 565 g/mol. The van der Waals surface area contributed by atoms with Gasteiger partial charge >= 0.3 is 12.4 Å². The van der Waals surface area contributed by atoms with Crippen LogP contribution in [0.2, 0.25) is 0 Å². The second kappa shape index (κ2) is 10.8. The van der Waals surface area contributed by atoms with Crippen LogP contribution in [0.15, 0.2) is 54.6 Å². The molecule has 2 heterocycles. The number of carbonyl (C=O) groups excluding carboxylic acids is 1. The second-order valence-electron chi connectivity index (χ2n) is 10.2. The first-order valence-corrected chi connectivity index (χ1v) is 12.6. The Bertz CT molecular complexity index is 1360. The molecule has 1 amide bonds. The largest absolute Gasteiger partial charge is 0.416 e. The van der Waals surface area contributed by atoms with E-state index in [4.69, 9.17) is 9.72 Å². The van der Waals surface area contributed by atoms with E-state index in [2.05, 4.69) is 0 Å². The smallest absolute Gasteiger partial charge is 0.378 e. The lowest BCUT2D eigenvalue weighted by atomic mass is 9.81. The second-order valence-corrected chi connectivity index (χ2v) is 10.2. The number of morpholine rings is 1. The van der Waals surface area contributed by atoms with E-state index in [0.29, 0.717) is 55.6 Å². The summed E-state index contributed by atoms with van der Waals surface area (Å²) in [5.74, 6) is -0.0335. The Hall–Kier alpha value is -3.60. The summed E-state index contributed by atoms with van der Waals surface area (Å²) in [5.41, 5.74) is -2.65. The van der Waals surface area contributed by atoms with Crippen molar-refractivity contribution in [2.45, 2.75) is 38.5 Å². The van der Waals surface area contributed by atoms with Crippen molar-refractivity contribution in [2.24, 2.45) is 0 Å². The van der Waals surface area contributed by atoms with Gasteiger partial charge in [0.15, 0.2) is 0 Å². The van der Waals surface area contributed by atoms with Crippen LogP contribution in [0.4, 0.5) is 37.8 Å².